The average molecular weight is 297 g/mol. The van der Waals surface area contributed by atoms with Crippen molar-refractivity contribution in [1.82, 2.24) is 19.9 Å². The Balaban J connectivity index is 1.42. The van der Waals surface area contributed by atoms with Crippen molar-refractivity contribution in [2.75, 3.05) is 25.0 Å². The molecule has 1 aliphatic heterocycles. The van der Waals surface area contributed by atoms with Crippen LogP contribution in [0.2, 0.25) is 0 Å². The van der Waals surface area contributed by atoms with Crippen LogP contribution in [0.4, 0.5) is 5.82 Å². The van der Waals surface area contributed by atoms with Gasteiger partial charge in [-0.1, -0.05) is 6.07 Å². The van der Waals surface area contributed by atoms with E-state index in [-0.39, 0.29) is 0 Å². The fraction of sp³-hybridized carbons (Fsp3) is 0.471. The number of aromatic nitrogens is 3. The van der Waals surface area contributed by atoms with Gasteiger partial charge in [0.05, 0.1) is 0 Å². The second-order valence-electron chi connectivity index (χ2n) is 5.92. The van der Waals surface area contributed by atoms with Crippen molar-refractivity contribution in [1.29, 1.82) is 0 Å². The van der Waals surface area contributed by atoms with Gasteiger partial charge in [-0.25, -0.2) is 9.97 Å². The van der Waals surface area contributed by atoms with Gasteiger partial charge >= 0.3 is 0 Å². The van der Waals surface area contributed by atoms with E-state index in [9.17, 15) is 0 Å². The summed E-state index contributed by atoms with van der Waals surface area (Å²) in [6.45, 7) is 5.39. The molecule has 2 aromatic rings. The molecule has 0 aromatic carbocycles. The Labute approximate surface area is 131 Å². The van der Waals surface area contributed by atoms with Crippen LogP contribution in [0.1, 0.15) is 24.1 Å². The molecule has 1 fully saturated rings. The fourth-order valence-electron chi connectivity index (χ4n) is 2.88. The molecule has 1 N–H and O–H groups in total. The van der Waals surface area contributed by atoms with Crippen molar-refractivity contribution < 1.29 is 0 Å². The molecule has 1 saturated heterocycles. The molecule has 0 radical (unpaired) electrons. The molecule has 1 aliphatic rings. The fourth-order valence-corrected chi connectivity index (χ4v) is 2.88. The number of likely N-dealkylation sites (tertiary alicyclic amines) is 1. The largest absolute Gasteiger partial charge is 0.367 e. The molecular weight excluding hydrogens is 274 g/mol. The zero-order chi connectivity index (χ0) is 15.2. The lowest BCUT2D eigenvalue weighted by Gasteiger charge is -2.32. The third-order valence-electron chi connectivity index (χ3n) is 4.18. The molecule has 0 saturated carbocycles. The summed E-state index contributed by atoms with van der Waals surface area (Å²) >= 11 is 0. The van der Waals surface area contributed by atoms with E-state index in [1.807, 2.05) is 31.5 Å². The molecule has 3 heterocycles. The van der Waals surface area contributed by atoms with Crippen LogP contribution in [0.25, 0.3) is 0 Å². The summed E-state index contributed by atoms with van der Waals surface area (Å²) < 4.78 is 0. The summed E-state index contributed by atoms with van der Waals surface area (Å²) in [4.78, 5) is 15.1. The van der Waals surface area contributed by atoms with Gasteiger partial charge in [0.15, 0.2) is 0 Å². The van der Waals surface area contributed by atoms with Gasteiger partial charge < -0.3 is 10.2 Å². The maximum Gasteiger partial charge on any atom is 0.129 e. The van der Waals surface area contributed by atoms with Gasteiger partial charge in [0.1, 0.15) is 12.1 Å². The number of aryl methyl sites for hydroxylation is 1. The minimum Gasteiger partial charge on any atom is -0.367 e. The van der Waals surface area contributed by atoms with Crippen molar-refractivity contribution in [2.45, 2.75) is 32.2 Å². The number of rotatable bonds is 5. The Morgan fingerprint density at radius 2 is 2.14 bits per heavy atom. The minimum atomic E-state index is 0.518. The average Bonchev–Trinajstić information content (AvgIpc) is 2.55. The zero-order valence-electron chi connectivity index (χ0n) is 13.1. The predicted molar refractivity (Wildman–Crippen MR) is 87.8 cm³/mol. The SMILES string of the molecule is Cc1cc(NC2CCN(CCc3cccnc3)CC2)ncn1. The first-order valence-electron chi connectivity index (χ1n) is 7.96. The van der Waals surface area contributed by atoms with E-state index < -0.39 is 0 Å². The second-order valence-corrected chi connectivity index (χ2v) is 5.92. The van der Waals surface area contributed by atoms with Crippen molar-refractivity contribution in [3.8, 4) is 0 Å². The second kappa shape index (κ2) is 7.31. The highest BCUT2D eigenvalue weighted by Crippen LogP contribution is 2.15. The molecule has 0 unspecified atom stereocenters. The highest BCUT2D eigenvalue weighted by Gasteiger charge is 2.19. The topological polar surface area (TPSA) is 53.9 Å². The van der Waals surface area contributed by atoms with Crippen LogP contribution < -0.4 is 5.32 Å². The number of nitrogens with one attached hydrogen (secondary N) is 1. The van der Waals surface area contributed by atoms with Crippen molar-refractivity contribution >= 4 is 5.82 Å². The number of hydrogen-bond donors (Lipinski definition) is 1. The van der Waals surface area contributed by atoms with Gasteiger partial charge in [0, 0.05) is 49.8 Å². The first-order valence-corrected chi connectivity index (χ1v) is 7.96. The lowest BCUT2D eigenvalue weighted by atomic mass is 10.0. The van der Waals surface area contributed by atoms with Crippen LogP contribution in [0.15, 0.2) is 36.9 Å². The van der Waals surface area contributed by atoms with Crippen molar-refractivity contribution in [3.63, 3.8) is 0 Å². The maximum absolute atomic E-state index is 4.29. The molecule has 5 heteroatoms. The number of nitrogens with zero attached hydrogens (tertiary/aromatic N) is 4. The van der Waals surface area contributed by atoms with E-state index in [0.29, 0.717) is 6.04 Å². The van der Waals surface area contributed by atoms with Crippen molar-refractivity contribution in [2.24, 2.45) is 0 Å². The third-order valence-corrected chi connectivity index (χ3v) is 4.18. The molecule has 0 atom stereocenters. The summed E-state index contributed by atoms with van der Waals surface area (Å²) in [5.41, 5.74) is 2.32. The quantitative estimate of drug-likeness (QED) is 0.918. The molecule has 116 valence electrons. The summed E-state index contributed by atoms with van der Waals surface area (Å²) in [6, 6.07) is 6.69. The molecule has 0 aliphatic carbocycles. The molecule has 0 amide bonds. The number of anilines is 1. The third kappa shape index (κ3) is 4.24. The predicted octanol–water partition coefficient (Wildman–Crippen LogP) is 2.30. The Hall–Kier alpha value is -2.01. The molecular formula is C17H23N5. The van der Waals surface area contributed by atoms with Gasteiger partial charge in [0.2, 0.25) is 0 Å². The highest BCUT2D eigenvalue weighted by atomic mass is 15.1. The van der Waals surface area contributed by atoms with Crippen LogP contribution in [0.5, 0.6) is 0 Å². The normalized spacial score (nSPS) is 16.6. The molecule has 22 heavy (non-hydrogen) atoms. The summed E-state index contributed by atoms with van der Waals surface area (Å²) in [5.74, 6) is 0.946. The number of hydrogen-bond acceptors (Lipinski definition) is 5. The van der Waals surface area contributed by atoms with Gasteiger partial charge in [-0.15, -0.1) is 0 Å². The monoisotopic (exact) mass is 297 g/mol. The van der Waals surface area contributed by atoms with E-state index >= 15 is 0 Å². The van der Waals surface area contributed by atoms with E-state index in [0.717, 1.165) is 50.4 Å². The molecule has 5 nitrogen and oxygen atoms in total. The zero-order valence-corrected chi connectivity index (χ0v) is 13.1. The van der Waals surface area contributed by atoms with Crippen LogP contribution in [-0.2, 0) is 6.42 Å². The van der Waals surface area contributed by atoms with Gasteiger partial charge in [0.25, 0.3) is 0 Å². The number of pyridine rings is 1. The first-order chi connectivity index (χ1) is 10.8. The first kappa shape index (κ1) is 14.9. The van der Waals surface area contributed by atoms with Gasteiger partial charge in [-0.2, -0.15) is 0 Å². The smallest absolute Gasteiger partial charge is 0.129 e. The van der Waals surface area contributed by atoms with Crippen LogP contribution in [-0.4, -0.2) is 45.5 Å². The van der Waals surface area contributed by atoms with Crippen LogP contribution in [0, 0.1) is 6.92 Å². The summed E-state index contributed by atoms with van der Waals surface area (Å²) in [5, 5.41) is 3.53. The lowest BCUT2D eigenvalue weighted by Crippen LogP contribution is -2.40. The molecule has 0 bridgehead atoms. The Morgan fingerprint density at radius 3 is 2.86 bits per heavy atom. The molecule has 3 rings (SSSR count). The molecule has 2 aromatic heterocycles. The molecule has 0 spiro atoms. The van der Waals surface area contributed by atoms with E-state index in [1.54, 1.807) is 6.33 Å². The van der Waals surface area contributed by atoms with E-state index in [4.69, 9.17) is 0 Å². The van der Waals surface area contributed by atoms with Crippen molar-refractivity contribution in [3.05, 3.63) is 48.2 Å². The minimum absolute atomic E-state index is 0.518. The highest BCUT2D eigenvalue weighted by molar-refractivity contribution is 5.35. The Kier molecular flexibility index (Phi) is 4.96. The summed E-state index contributed by atoms with van der Waals surface area (Å²) in [7, 11) is 0. The number of piperidine rings is 1. The maximum atomic E-state index is 4.29. The lowest BCUT2D eigenvalue weighted by molar-refractivity contribution is 0.221. The standard InChI is InChI=1S/C17H23N5/c1-14-11-17(20-13-19-14)21-16-5-9-22(10-6-16)8-4-15-3-2-7-18-12-15/h2-3,7,11-13,16H,4-6,8-10H2,1H3,(H,19,20,21). The van der Waals surface area contributed by atoms with Crippen LogP contribution in [0.3, 0.4) is 0 Å². The van der Waals surface area contributed by atoms with Crippen LogP contribution >= 0.6 is 0 Å². The Morgan fingerprint density at radius 1 is 1.27 bits per heavy atom. The van der Waals surface area contributed by atoms with Gasteiger partial charge in [-0.05, 0) is 37.8 Å². The Bertz CT molecular complexity index is 579. The summed E-state index contributed by atoms with van der Waals surface area (Å²) in [6.07, 6.45) is 8.82. The van der Waals surface area contributed by atoms with E-state index in [2.05, 4.69) is 31.2 Å². The van der Waals surface area contributed by atoms with Gasteiger partial charge in [-0.3, -0.25) is 4.98 Å². The van der Waals surface area contributed by atoms with E-state index in [1.165, 1.54) is 5.56 Å².